The zero-order chi connectivity index (χ0) is 15.6. The van der Waals surface area contributed by atoms with E-state index in [1.54, 1.807) is 12.1 Å². The minimum absolute atomic E-state index is 0.0158. The molecule has 0 radical (unpaired) electrons. The maximum absolute atomic E-state index is 12.9. The molecule has 1 aliphatic rings. The van der Waals surface area contributed by atoms with Crippen molar-refractivity contribution in [1.29, 1.82) is 0 Å². The van der Waals surface area contributed by atoms with Crippen LogP contribution in [0.5, 0.6) is 0 Å². The summed E-state index contributed by atoms with van der Waals surface area (Å²) in [5, 5.41) is 0.262. The Balaban J connectivity index is 2.45. The van der Waals surface area contributed by atoms with E-state index in [1.807, 2.05) is 0 Å². The first-order chi connectivity index (χ1) is 9.87. The van der Waals surface area contributed by atoms with Crippen LogP contribution in [0.4, 0.5) is 0 Å². The quantitative estimate of drug-likeness (QED) is 0.816. The lowest BCUT2D eigenvalue weighted by molar-refractivity contribution is 0.243. The van der Waals surface area contributed by atoms with E-state index in [0.29, 0.717) is 24.0 Å². The monoisotopic (exact) mass is 414 g/mol. The number of sulfonamides is 1. The highest BCUT2D eigenvalue weighted by atomic mass is 79.9. The van der Waals surface area contributed by atoms with Gasteiger partial charge in [0.1, 0.15) is 4.90 Å². The third-order valence-corrected chi connectivity index (χ3v) is 6.93. The van der Waals surface area contributed by atoms with Crippen LogP contribution in [0.1, 0.15) is 25.7 Å². The predicted molar refractivity (Wildman–Crippen MR) is 89.4 cm³/mol. The number of rotatable bonds is 4. The normalized spacial score (nSPS) is 20.7. The van der Waals surface area contributed by atoms with Gasteiger partial charge >= 0.3 is 0 Å². The van der Waals surface area contributed by atoms with Gasteiger partial charge in [0, 0.05) is 17.1 Å². The van der Waals surface area contributed by atoms with Gasteiger partial charge in [-0.1, -0.05) is 45.6 Å². The Morgan fingerprint density at radius 1 is 1.29 bits per heavy atom. The number of halogens is 3. The van der Waals surface area contributed by atoms with E-state index >= 15 is 0 Å². The van der Waals surface area contributed by atoms with E-state index in [-0.39, 0.29) is 21.0 Å². The molecule has 118 valence electrons. The zero-order valence-electron chi connectivity index (χ0n) is 11.4. The van der Waals surface area contributed by atoms with Gasteiger partial charge in [0.15, 0.2) is 0 Å². The minimum atomic E-state index is -3.72. The van der Waals surface area contributed by atoms with Crippen LogP contribution in [0, 0.1) is 0 Å². The maximum atomic E-state index is 12.9. The third kappa shape index (κ3) is 3.74. The zero-order valence-corrected chi connectivity index (χ0v) is 15.3. The second-order valence-electron chi connectivity index (χ2n) is 5.04. The van der Waals surface area contributed by atoms with Gasteiger partial charge < -0.3 is 5.73 Å². The highest BCUT2D eigenvalue weighted by molar-refractivity contribution is 9.10. The van der Waals surface area contributed by atoms with Gasteiger partial charge in [-0.3, -0.25) is 0 Å². The van der Waals surface area contributed by atoms with Gasteiger partial charge in [0.25, 0.3) is 0 Å². The summed E-state index contributed by atoms with van der Waals surface area (Å²) in [6, 6.07) is 3.01. The summed E-state index contributed by atoms with van der Waals surface area (Å²) in [4.78, 5) is -0.0158. The second-order valence-corrected chi connectivity index (χ2v) is 8.60. The number of benzene rings is 1. The highest BCUT2D eigenvalue weighted by Crippen LogP contribution is 2.37. The van der Waals surface area contributed by atoms with Crippen molar-refractivity contribution in [1.82, 2.24) is 4.31 Å². The molecule has 21 heavy (non-hydrogen) atoms. The van der Waals surface area contributed by atoms with Crippen molar-refractivity contribution in [2.45, 2.75) is 36.6 Å². The van der Waals surface area contributed by atoms with Crippen LogP contribution in [0.2, 0.25) is 10.0 Å². The van der Waals surface area contributed by atoms with Crippen LogP contribution < -0.4 is 5.73 Å². The lowest BCUT2D eigenvalue weighted by Crippen LogP contribution is -2.44. The summed E-state index contributed by atoms with van der Waals surface area (Å²) in [7, 11) is -3.72. The lowest BCUT2D eigenvalue weighted by Gasteiger charge is -2.35. The summed E-state index contributed by atoms with van der Waals surface area (Å²) < 4.78 is 28.0. The van der Waals surface area contributed by atoms with Crippen molar-refractivity contribution in [3.63, 3.8) is 0 Å². The topological polar surface area (TPSA) is 63.4 Å². The molecule has 0 bridgehead atoms. The van der Waals surface area contributed by atoms with E-state index < -0.39 is 10.0 Å². The summed E-state index contributed by atoms with van der Waals surface area (Å²) in [5.74, 6) is 0. The van der Waals surface area contributed by atoms with Crippen LogP contribution >= 0.6 is 39.1 Å². The number of piperidine rings is 1. The summed E-state index contributed by atoms with van der Waals surface area (Å²) in [6.45, 7) is 0.939. The molecule has 1 heterocycles. The molecule has 0 aromatic heterocycles. The first kappa shape index (κ1) is 17.5. The molecule has 0 saturated carbocycles. The number of hydrogen-bond acceptors (Lipinski definition) is 3. The van der Waals surface area contributed by atoms with E-state index in [0.717, 1.165) is 19.3 Å². The SMILES string of the molecule is NCCC1CCCCN1S(=O)(=O)c1c(Cl)cc(Br)cc1Cl. The number of nitrogens with zero attached hydrogens (tertiary/aromatic N) is 1. The van der Waals surface area contributed by atoms with Crippen LogP contribution in [-0.2, 0) is 10.0 Å². The molecule has 1 saturated heterocycles. The molecule has 1 atom stereocenters. The van der Waals surface area contributed by atoms with Crippen LogP contribution in [0.15, 0.2) is 21.5 Å². The molecule has 1 fully saturated rings. The average molecular weight is 416 g/mol. The molecule has 0 spiro atoms. The molecule has 2 rings (SSSR count). The molecule has 1 aromatic carbocycles. The van der Waals surface area contributed by atoms with Crippen LogP contribution in [0.25, 0.3) is 0 Å². The van der Waals surface area contributed by atoms with Gasteiger partial charge in [-0.15, -0.1) is 0 Å². The fourth-order valence-electron chi connectivity index (χ4n) is 2.66. The van der Waals surface area contributed by atoms with E-state index in [2.05, 4.69) is 15.9 Å². The first-order valence-electron chi connectivity index (χ1n) is 6.74. The molecular weight excluding hydrogens is 399 g/mol. The molecule has 1 aliphatic heterocycles. The fraction of sp³-hybridized carbons (Fsp3) is 0.538. The predicted octanol–water partition coefficient (Wildman–Crippen LogP) is 3.65. The lowest BCUT2D eigenvalue weighted by atomic mass is 10.0. The van der Waals surface area contributed by atoms with Gasteiger partial charge in [0.05, 0.1) is 10.0 Å². The number of nitrogens with two attached hydrogens (primary N) is 1. The molecule has 0 amide bonds. The van der Waals surface area contributed by atoms with E-state index in [4.69, 9.17) is 28.9 Å². The Kier molecular flexibility index (Phi) is 5.96. The van der Waals surface area contributed by atoms with Crippen molar-refractivity contribution in [3.8, 4) is 0 Å². The fourth-order valence-corrected chi connectivity index (χ4v) is 6.28. The summed E-state index contributed by atoms with van der Waals surface area (Å²) in [5.41, 5.74) is 5.60. The van der Waals surface area contributed by atoms with E-state index in [1.165, 1.54) is 4.31 Å². The summed E-state index contributed by atoms with van der Waals surface area (Å²) in [6.07, 6.45) is 3.32. The third-order valence-electron chi connectivity index (χ3n) is 3.60. The largest absolute Gasteiger partial charge is 0.330 e. The molecule has 8 heteroatoms. The standard InChI is InChI=1S/C13H17BrCl2N2O2S/c14-9-7-11(15)13(12(16)8-9)21(19,20)18-6-2-1-3-10(18)4-5-17/h7-8,10H,1-6,17H2. The van der Waals surface area contributed by atoms with Gasteiger partial charge in [0.2, 0.25) is 10.0 Å². The van der Waals surface area contributed by atoms with Crippen molar-refractivity contribution in [2.24, 2.45) is 5.73 Å². The van der Waals surface area contributed by atoms with Gasteiger partial charge in [-0.2, -0.15) is 4.31 Å². The molecule has 1 unspecified atom stereocenters. The Labute approximate surface area is 143 Å². The first-order valence-corrected chi connectivity index (χ1v) is 9.73. The number of hydrogen-bond donors (Lipinski definition) is 1. The minimum Gasteiger partial charge on any atom is -0.330 e. The Bertz CT molecular complexity index is 600. The van der Waals surface area contributed by atoms with Gasteiger partial charge in [-0.05, 0) is 37.9 Å². The molecular formula is C13H17BrCl2N2O2S. The maximum Gasteiger partial charge on any atom is 0.246 e. The van der Waals surface area contributed by atoms with Crippen molar-refractivity contribution in [2.75, 3.05) is 13.1 Å². The highest BCUT2D eigenvalue weighted by Gasteiger charge is 2.35. The molecule has 1 aromatic rings. The summed E-state index contributed by atoms with van der Waals surface area (Å²) >= 11 is 15.5. The Hall–Kier alpha value is 0.150. The average Bonchev–Trinajstić information content (AvgIpc) is 2.37. The molecule has 0 aliphatic carbocycles. The van der Waals surface area contributed by atoms with Crippen LogP contribution in [0.3, 0.4) is 0 Å². The second kappa shape index (κ2) is 7.15. The Morgan fingerprint density at radius 2 is 1.90 bits per heavy atom. The van der Waals surface area contributed by atoms with E-state index in [9.17, 15) is 8.42 Å². The molecule has 2 N–H and O–H groups in total. The van der Waals surface area contributed by atoms with Crippen molar-refractivity contribution >= 4 is 49.2 Å². The van der Waals surface area contributed by atoms with Crippen LogP contribution in [-0.4, -0.2) is 31.9 Å². The van der Waals surface area contributed by atoms with Gasteiger partial charge in [-0.25, -0.2) is 8.42 Å². The smallest absolute Gasteiger partial charge is 0.246 e. The molecule has 4 nitrogen and oxygen atoms in total. The Morgan fingerprint density at radius 3 is 2.48 bits per heavy atom. The van der Waals surface area contributed by atoms with Crippen molar-refractivity contribution < 1.29 is 8.42 Å². The van der Waals surface area contributed by atoms with Crippen molar-refractivity contribution in [3.05, 3.63) is 26.7 Å².